The van der Waals surface area contributed by atoms with Gasteiger partial charge in [0.1, 0.15) is 29.7 Å². The van der Waals surface area contributed by atoms with E-state index in [0.29, 0.717) is 18.1 Å². The van der Waals surface area contributed by atoms with Crippen LogP contribution in [0, 0.1) is 11.2 Å². The van der Waals surface area contributed by atoms with E-state index in [0.717, 1.165) is 64.3 Å². The number of amides is 1. The lowest BCUT2D eigenvalue weighted by atomic mass is 9.61. The quantitative estimate of drug-likeness (QED) is 0.261. The van der Waals surface area contributed by atoms with Gasteiger partial charge in [-0.1, -0.05) is 12.1 Å². The fourth-order valence-corrected chi connectivity index (χ4v) is 7.07. The van der Waals surface area contributed by atoms with Crippen molar-refractivity contribution in [3.63, 3.8) is 0 Å². The summed E-state index contributed by atoms with van der Waals surface area (Å²) in [5.41, 5.74) is 3.10. The molecule has 1 aromatic heterocycles. The van der Waals surface area contributed by atoms with Gasteiger partial charge >= 0.3 is 0 Å². The maximum atomic E-state index is 14.3. The van der Waals surface area contributed by atoms with Crippen LogP contribution in [0.2, 0.25) is 0 Å². The van der Waals surface area contributed by atoms with E-state index in [2.05, 4.69) is 57.0 Å². The molecule has 1 amide bonds. The highest BCUT2D eigenvalue weighted by atomic mass is 19.1. The Morgan fingerprint density at radius 3 is 2.64 bits per heavy atom. The van der Waals surface area contributed by atoms with E-state index in [-0.39, 0.29) is 34.8 Å². The van der Waals surface area contributed by atoms with Crippen LogP contribution in [0.5, 0.6) is 17.2 Å². The Hall–Kier alpha value is -3.76. The summed E-state index contributed by atoms with van der Waals surface area (Å²) in [6.45, 7) is 12.1. The fraction of sp³-hybridized carbons (Fsp3) is 0.514. The van der Waals surface area contributed by atoms with Gasteiger partial charge in [0.05, 0.1) is 11.8 Å². The van der Waals surface area contributed by atoms with E-state index < -0.39 is 5.82 Å². The molecular formula is C35H45FN6O3. The molecule has 1 aliphatic carbocycles. The molecule has 3 heterocycles. The predicted octanol–water partition coefficient (Wildman–Crippen LogP) is 5.59. The number of rotatable bonds is 12. The number of carbonyl (C=O) groups is 1. The summed E-state index contributed by atoms with van der Waals surface area (Å²) >= 11 is 0. The highest BCUT2D eigenvalue weighted by Gasteiger charge is 2.54. The molecule has 9 nitrogen and oxygen atoms in total. The Morgan fingerprint density at radius 2 is 1.91 bits per heavy atom. The number of nitrogens with zero attached hydrogens (tertiary/aromatic N) is 6. The van der Waals surface area contributed by atoms with E-state index in [9.17, 15) is 9.18 Å². The average molecular weight is 617 g/mol. The van der Waals surface area contributed by atoms with E-state index in [1.807, 2.05) is 20.8 Å². The van der Waals surface area contributed by atoms with Gasteiger partial charge in [-0.05, 0) is 90.5 Å². The maximum absolute atomic E-state index is 14.3. The minimum absolute atomic E-state index is 0.0302. The van der Waals surface area contributed by atoms with Crippen molar-refractivity contribution in [2.45, 2.75) is 65.3 Å². The molecule has 2 aliphatic heterocycles. The van der Waals surface area contributed by atoms with Gasteiger partial charge in [0.15, 0.2) is 11.6 Å². The number of hydrogen-bond donors (Lipinski definition) is 0. The number of benzene rings is 2. The maximum Gasteiger partial charge on any atom is 0.257 e. The summed E-state index contributed by atoms with van der Waals surface area (Å²) < 4.78 is 27.1. The van der Waals surface area contributed by atoms with Crippen LogP contribution in [-0.2, 0) is 13.1 Å². The molecule has 10 heteroatoms. The number of ether oxygens (including phenoxy) is 2. The summed E-state index contributed by atoms with van der Waals surface area (Å²) in [7, 11) is 4.25. The first kappa shape index (κ1) is 31.2. The van der Waals surface area contributed by atoms with Crippen molar-refractivity contribution in [1.29, 1.82) is 0 Å². The zero-order chi connectivity index (χ0) is 31.7. The topological polar surface area (TPSA) is 74.3 Å². The molecule has 240 valence electrons. The summed E-state index contributed by atoms with van der Waals surface area (Å²) in [5.74, 6) is 1.69. The van der Waals surface area contributed by atoms with Gasteiger partial charge in [-0.25, -0.2) is 14.4 Å². The first-order chi connectivity index (χ1) is 21.6. The Kier molecular flexibility index (Phi) is 8.97. The molecule has 0 radical (unpaired) electrons. The first-order valence-electron chi connectivity index (χ1n) is 16.1. The summed E-state index contributed by atoms with van der Waals surface area (Å²) in [5, 5.41) is 0. The third kappa shape index (κ3) is 6.63. The smallest absolute Gasteiger partial charge is 0.257 e. The number of aromatic nitrogens is 2. The van der Waals surface area contributed by atoms with Gasteiger partial charge < -0.3 is 24.2 Å². The molecule has 3 aliphatic rings. The van der Waals surface area contributed by atoms with Crippen LogP contribution in [0.25, 0.3) is 0 Å². The lowest BCUT2D eigenvalue weighted by Gasteiger charge is -2.59. The minimum atomic E-state index is -0.487. The molecule has 2 fully saturated rings. The van der Waals surface area contributed by atoms with Crippen LogP contribution in [0.4, 0.5) is 10.2 Å². The largest absolute Gasteiger partial charge is 0.490 e. The van der Waals surface area contributed by atoms with E-state index >= 15 is 0 Å². The lowest BCUT2D eigenvalue weighted by Crippen LogP contribution is -2.65. The highest BCUT2D eigenvalue weighted by molar-refractivity contribution is 5.97. The van der Waals surface area contributed by atoms with Crippen LogP contribution < -0.4 is 14.4 Å². The van der Waals surface area contributed by atoms with Crippen LogP contribution >= 0.6 is 0 Å². The van der Waals surface area contributed by atoms with Gasteiger partial charge in [0.25, 0.3) is 5.91 Å². The van der Waals surface area contributed by atoms with Gasteiger partial charge in [-0.2, -0.15) is 0 Å². The average Bonchev–Trinajstić information content (AvgIpc) is 3.38. The Balaban J connectivity index is 1.07. The minimum Gasteiger partial charge on any atom is -0.490 e. The molecule has 1 saturated heterocycles. The SMILES string of the molecule is CCN(C(=O)c1cc(F)ccc1Oc1cncnc1N1CC2(CC(Oc3cccc4c3CN(CCCN(C)C)C4)C2)C1)C(C)C. The Labute approximate surface area is 265 Å². The number of halogens is 1. The third-order valence-corrected chi connectivity index (χ3v) is 9.33. The number of anilines is 1. The Bertz CT molecular complexity index is 1520. The van der Waals surface area contributed by atoms with Crippen molar-refractivity contribution in [3.05, 3.63) is 71.4 Å². The second-order valence-electron chi connectivity index (χ2n) is 13.4. The van der Waals surface area contributed by atoms with E-state index in [1.54, 1.807) is 11.1 Å². The van der Waals surface area contributed by atoms with Gasteiger partial charge in [0, 0.05) is 56.3 Å². The molecule has 1 saturated carbocycles. The second kappa shape index (κ2) is 12.9. The molecule has 45 heavy (non-hydrogen) atoms. The van der Waals surface area contributed by atoms with Gasteiger partial charge in [-0.15, -0.1) is 0 Å². The molecule has 0 unspecified atom stereocenters. The van der Waals surface area contributed by atoms with Gasteiger partial charge in [-0.3, -0.25) is 9.69 Å². The Morgan fingerprint density at radius 1 is 1.11 bits per heavy atom. The third-order valence-electron chi connectivity index (χ3n) is 9.33. The zero-order valence-electron chi connectivity index (χ0n) is 27.1. The fourth-order valence-electron chi connectivity index (χ4n) is 7.07. The normalized spacial score (nSPS) is 17.4. The molecule has 2 aromatic carbocycles. The predicted molar refractivity (Wildman–Crippen MR) is 172 cm³/mol. The van der Waals surface area contributed by atoms with Crippen LogP contribution in [0.1, 0.15) is 61.5 Å². The molecule has 0 atom stereocenters. The van der Waals surface area contributed by atoms with Gasteiger partial charge in [0.2, 0.25) is 0 Å². The number of fused-ring (bicyclic) bond motifs is 1. The van der Waals surface area contributed by atoms with E-state index in [1.165, 1.54) is 35.7 Å². The molecule has 3 aromatic rings. The van der Waals surface area contributed by atoms with Crippen LogP contribution in [0.3, 0.4) is 0 Å². The van der Waals surface area contributed by atoms with Crippen molar-refractivity contribution < 1.29 is 18.7 Å². The molecule has 0 bridgehead atoms. The first-order valence-corrected chi connectivity index (χ1v) is 16.1. The summed E-state index contributed by atoms with van der Waals surface area (Å²) in [6.07, 6.45) is 6.49. The molecule has 1 spiro atoms. The molecule has 0 N–H and O–H groups in total. The molecular weight excluding hydrogens is 571 g/mol. The summed E-state index contributed by atoms with van der Waals surface area (Å²) in [4.78, 5) is 30.7. The van der Waals surface area contributed by atoms with Crippen molar-refractivity contribution in [2.24, 2.45) is 5.41 Å². The summed E-state index contributed by atoms with van der Waals surface area (Å²) in [6, 6.07) is 10.5. The number of hydrogen-bond acceptors (Lipinski definition) is 8. The van der Waals surface area contributed by atoms with Crippen molar-refractivity contribution in [3.8, 4) is 17.2 Å². The van der Waals surface area contributed by atoms with Crippen LogP contribution in [0.15, 0.2) is 48.9 Å². The van der Waals surface area contributed by atoms with Crippen molar-refractivity contribution in [2.75, 3.05) is 51.7 Å². The van der Waals surface area contributed by atoms with Crippen molar-refractivity contribution >= 4 is 11.7 Å². The zero-order valence-corrected chi connectivity index (χ0v) is 27.1. The lowest BCUT2D eigenvalue weighted by molar-refractivity contribution is -0.0349. The van der Waals surface area contributed by atoms with E-state index in [4.69, 9.17) is 9.47 Å². The second-order valence-corrected chi connectivity index (χ2v) is 13.4. The molecule has 6 rings (SSSR count). The highest BCUT2D eigenvalue weighted by Crippen LogP contribution is 2.52. The standard InChI is InChI=1S/C35H45FN6O3/c1-6-42(24(2)3)34(43)28-15-26(36)11-12-31(28)45-32-18-37-23-38-33(32)41-21-35(22-41)16-27(17-35)44-30-10-7-9-25-19-40(20-29(25)30)14-8-13-39(4)5/h7,9-12,15,18,23-24,27H,6,8,13-14,16-17,19-22H2,1-5H3. The van der Waals surface area contributed by atoms with Crippen molar-refractivity contribution in [1.82, 2.24) is 24.7 Å². The number of carbonyl (C=O) groups excluding carboxylic acids is 1. The van der Waals surface area contributed by atoms with Crippen LogP contribution in [-0.4, -0.2) is 89.5 Å². The monoisotopic (exact) mass is 616 g/mol.